The van der Waals surface area contributed by atoms with Crippen molar-refractivity contribution in [2.24, 2.45) is 0 Å². The minimum Gasteiger partial charge on any atom is -0.508 e. The number of hydrogen-bond acceptors (Lipinski definition) is 4. The molecule has 154 valence electrons. The third-order valence-corrected chi connectivity index (χ3v) is 4.75. The van der Waals surface area contributed by atoms with Gasteiger partial charge >= 0.3 is 0 Å². The van der Waals surface area contributed by atoms with E-state index in [0.29, 0.717) is 32.8 Å². The quantitative estimate of drug-likeness (QED) is 0.464. The number of phenols is 1. The number of aromatic hydroxyl groups is 1. The first-order valence-electron chi connectivity index (χ1n) is 9.01. The van der Waals surface area contributed by atoms with Crippen LogP contribution in [0.1, 0.15) is 16.8 Å². The number of rotatable bonds is 7. The predicted octanol–water partition coefficient (Wildman–Crippen LogP) is 5.25. The minimum absolute atomic E-state index is 0.0799. The van der Waals surface area contributed by atoms with E-state index in [2.05, 4.69) is 10.6 Å². The number of ether oxygens (including phenoxy) is 1. The van der Waals surface area contributed by atoms with Crippen molar-refractivity contribution in [2.45, 2.75) is 6.42 Å². The second kappa shape index (κ2) is 10.0. The van der Waals surface area contributed by atoms with E-state index in [9.17, 15) is 14.7 Å². The molecule has 0 atom stereocenters. The zero-order chi connectivity index (χ0) is 21.5. The van der Waals surface area contributed by atoms with Crippen LogP contribution in [0, 0.1) is 0 Å². The van der Waals surface area contributed by atoms with Gasteiger partial charge in [-0.2, -0.15) is 0 Å². The molecule has 0 bridgehead atoms. The Hall–Kier alpha value is -3.22. The minimum atomic E-state index is -0.320. The summed E-state index contributed by atoms with van der Waals surface area (Å²) in [7, 11) is 0. The lowest BCUT2D eigenvalue weighted by Gasteiger charge is -2.10. The molecule has 0 fully saturated rings. The van der Waals surface area contributed by atoms with E-state index < -0.39 is 0 Å². The second-order valence-electron chi connectivity index (χ2n) is 6.31. The van der Waals surface area contributed by atoms with E-state index in [4.69, 9.17) is 27.9 Å². The molecule has 3 aromatic rings. The van der Waals surface area contributed by atoms with Gasteiger partial charge in [-0.05, 0) is 48.5 Å². The lowest BCUT2D eigenvalue weighted by atomic mass is 10.2. The SMILES string of the molecule is O=C(CCNC(=O)c1ccc(O)cc1)Nc1cccc(Oc2ccc(Cl)c(Cl)c2)c1. The predicted molar refractivity (Wildman–Crippen MR) is 117 cm³/mol. The van der Waals surface area contributed by atoms with Crippen LogP contribution in [0.15, 0.2) is 66.7 Å². The van der Waals surface area contributed by atoms with Crippen molar-refractivity contribution in [3.05, 3.63) is 82.3 Å². The molecule has 3 rings (SSSR count). The summed E-state index contributed by atoms with van der Waals surface area (Å²) >= 11 is 11.9. The van der Waals surface area contributed by atoms with Crippen molar-refractivity contribution in [2.75, 3.05) is 11.9 Å². The molecule has 3 aromatic carbocycles. The van der Waals surface area contributed by atoms with Crippen LogP contribution >= 0.6 is 23.2 Å². The molecule has 0 saturated carbocycles. The number of hydrogen-bond donors (Lipinski definition) is 3. The monoisotopic (exact) mass is 444 g/mol. The van der Waals surface area contributed by atoms with Gasteiger partial charge in [-0.1, -0.05) is 29.3 Å². The van der Waals surface area contributed by atoms with Gasteiger partial charge in [0.2, 0.25) is 5.91 Å². The van der Waals surface area contributed by atoms with Crippen LogP contribution in [0.5, 0.6) is 17.2 Å². The Morgan fingerprint density at radius 3 is 2.37 bits per heavy atom. The molecule has 30 heavy (non-hydrogen) atoms. The number of amides is 2. The topological polar surface area (TPSA) is 87.7 Å². The lowest BCUT2D eigenvalue weighted by Crippen LogP contribution is -2.27. The zero-order valence-electron chi connectivity index (χ0n) is 15.7. The van der Waals surface area contributed by atoms with Crippen LogP contribution in [-0.4, -0.2) is 23.5 Å². The summed E-state index contributed by atoms with van der Waals surface area (Å²) in [6.07, 6.45) is 0.0989. The van der Waals surface area contributed by atoms with Crippen LogP contribution in [-0.2, 0) is 4.79 Å². The molecule has 0 aromatic heterocycles. The molecule has 6 nitrogen and oxygen atoms in total. The first-order valence-corrected chi connectivity index (χ1v) is 9.76. The molecule has 0 aliphatic rings. The van der Waals surface area contributed by atoms with Crippen LogP contribution in [0.3, 0.4) is 0 Å². The molecular weight excluding hydrogens is 427 g/mol. The molecular formula is C22H18Cl2N2O4. The highest BCUT2D eigenvalue weighted by Gasteiger charge is 2.08. The third-order valence-electron chi connectivity index (χ3n) is 4.01. The maximum Gasteiger partial charge on any atom is 0.251 e. The van der Waals surface area contributed by atoms with E-state index in [0.717, 1.165) is 0 Å². The summed E-state index contributed by atoms with van der Waals surface area (Å²) in [5.74, 6) is 0.542. The Morgan fingerprint density at radius 2 is 1.63 bits per heavy atom. The molecule has 8 heteroatoms. The number of carbonyl (C=O) groups is 2. The Bertz CT molecular complexity index is 1060. The Labute approximate surface area is 183 Å². The fourth-order valence-electron chi connectivity index (χ4n) is 2.54. The average Bonchev–Trinajstić information content (AvgIpc) is 2.71. The first-order chi connectivity index (χ1) is 14.4. The fraction of sp³-hybridized carbons (Fsp3) is 0.0909. The first kappa shape index (κ1) is 21.5. The van der Waals surface area contributed by atoms with Crippen molar-refractivity contribution < 1.29 is 19.4 Å². The van der Waals surface area contributed by atoms with Gasteiger partial charge in [-0.15, -0.1) is 0 Å². The molecule has 2 amide bonds. The van der Waals surface area contributed by atoms with Crippen LogP contribution in [0.2, 0.25) is 10.0 Å². The molecule has 0 saturated heterocycles. The Morgan fingerprint density at radius 1 is 0.900 bits per heavy atom. The van der Waals surface area contributed by atoms with E-state index in [1.807, 2.05) is 0 Å². The van der Waals surface area contributed by atoms with Crippen molar-refractivity contribution in [3.8, 4) is 17.2 Å². The van der Waals surface area contributed by atoms with Gasteiger partial charge in [0.15, 0.2) is 0 Å². The van der Waals surface area contributed by atoms with Gasteiger partial charge in [-0.25, -0.2) is 0 Å². The summed E-state index contributed by atoms with van der Waals surface area (Å²) in [5.41, 5.74) is 0.961. The highest BCUT2D eigenvalue weighted by molar-refractivity contribution is 6.42. The van der Waals surface area contributed by atoms with Gasteiger partial charge in [0.05, 0.1) is 10.0 Å². The van der Waals surface area contributed by atoms with E-state index in [-0.39, 0.29) is 30.5 Å². The van der Waals surface area contributed by atoms with E-state index in [1.165, 1.54) is 24.3 Å². The highest BCUT2D eigenvalue weighted by atomic mass is 35.5. The van der Waals surface area contributed by atoms with Gasteiger partial charge in [0, 0.05) is 36.3 Å². The van der Waals surface area contributed by atoms with Crippen molar-refractivity contribution >= 4 is 40.7 Å². The maximum absolute atomic E-state index is 12.2. The van der Waals surface area contributed by atoms with Crippen molar-refractivity contribution in [1.82, 2.24) is 5.32 Å². The number of anilines is 1. The fourth-order valence-corrected chi connectivity index (χ4v) is 2.83. The maximum atomic E-state index is 12.2. The van der Waals surface area contributed by atoms with Crippen LogP contribution < -0.4 is 15.4 Å². The highest BCUT2D eigenvalue weighted by Crippen LogP contribution is 2.30. The summed E-state index contributed by atoms with van der Waals surface area (Å²) in [4.78, 5) is 24.2. The summed E-state index contributed by atoms with van der Waals surface area (Å²) in [6.45, 7) is 0.172. The Kier molecular flexibility index (Phi) is 7.17. The molecule has 3 N–H and O–H groups in total. The van der Waals surface area contributed by atoms with E-state index >= 15 is 0 Å². The molecule has 0 unspecified atom stereocenters. The summed E-state index contributed by atoms with van der Waals surface area (Å²) < 4.78 is 5.74. The lowest BCUT2D eigenvalue weighted by molar-refractivity contribution is -0.116. The molecule has 0 aliphatic carbocycles. The molecule has 0 heterocycles. The Balaban J connectivity index is 1.50. The summed E-state index contributed by atoms with van der Waals surface area (Å²) in [5, 5.41) is 15.5. The largest absolute Gasteiger partial charge is 0.508 e. The number of benzene rings is 3. The third kappa shape index (κ3) is 6.14. The second-order valence-corrected chi connectivity index (χ2v) is 7.12. The number of nitrogens with one attached hydrogen (secondary N) is 2. The van der Waals surface area contributed by atoms with Gasteiger partial charge in [0.25, 0.3) is 5.91 Å². The number of carbonyl (C=O) groups excluding carboxylic acids is 2. The van der Waals surface area contributed by atoms with E-state index in [1.54, 1.807) is 42.5 Å². The molecule has 0 radical (unpaired) electrons. The van der Waals surface area contributed by atoms with Gasteiger partial charge < -0.3 is 20.5 Å². The number of phenolic OH excluding ortho intramolecular Hbond substituents is 1. The summed E-state index contributed by atoms with van der Waals surface area (Å²) in [6, 6.07) is 17.7. The smallest absolute Gasteiger partial charge is 0.251 e. The van der Waals surface area contributed by atoms with Gasteiger partial charge in [-0.3, -0.25) is 9.59 Å². The molecule has 0 spiro atoms. The number of halogens is 2. The van der Waals surface area contributed by atoms with Crippen molar-refractivity contribution in [3.63, 3.8) is 0 Å². The van der Waals surface area contributed by atoms with Crippen molar-refractivity contribution in [1.29, 1.82) is 0 Å². The van der Waals surface area contributed by atoms with Gasteiger partial charge in [0.1, 0.15) is 17.2 Å². The zero-order valence-corrected chi connectivity index (χ0v) is 17.2. The van der Waals surface area contributed by atoms with Crippen LogP contribution in [0.4, 0.5) is 5.69 Å². The molecule has 0 aliphatic heterocycles. The normalized spacial score (nSPS) is 10.3. The average molecular weight is 445 g/mol. The van der Waals surface area contributed by atoms with Crippen LogP contribution in [0.25, 0.3) is 0 Å². The standard InChI is InChI=1S/C22H18Cl2N2O4/c23-19-9-8-18(13-20(19)24)30-17-3-1-2-15(12-17)26-21(28)10-11-25-22(29)14-4-6-16(27)7-5-14/h1-9,12-13,27H,10-11H2,(H,25,29)(H,26,28).